The fourth-order valence-corrected chi connectivity index (χ4v) is 2.44. The molecule has 0 aliphatic rings. The Balaban J connectivity index is 1.86. The van der Waals surface area contributed by atoms with Crippen LogP contribution >= 0.6 is 11.8 Å². The first kappa shape index (κ1) is 18.8. The van der Waals surface area contributed by atoms with E-state index < -0.39 is 12.1 Å². The fraction of sp³-hybridized carbons (Fsp3) is 0.200. The molecule has 5 heteroatoms. The lowest BCUT2D eigenvalue weighted by atomic mass is 10.2. The van der Waals surface area contributed by atoms with Gasteiger partial charge >= 0.3 is 5.97 Å². The van der Waals surface area contributed by atoms with Crippen LogP contribution in [-0.2, 0) is 14.3 Å². The largest absolute Gasteiger partial charge is 0.449 e. The first-order chi connectivity index (χ1) is 12.0. The highest BCUT2D eigenvalue weighted by Gasteiger charge is 2.16. The number of rotatable bonds is 6. The van der Waals surface area contributed by atoms with Crippen LogP contribution in [0.1, 0.15) is 18.1 Å². The highest BCUT2D eigenvalue weighted by atomic mass is 32.2. The molecule has 0 bridgehead atoms. The summed E-state index contributed by atoms with van der Waals surface area (Å²) in [6, 6.07) is 15.2. The Labute approximate surface area is 152 Å². The van der Waals surface area contributed by atoms with E-state index in [4.69, 9.17) is 4.74 Å². The second kappa shape index (κ2) is 9.08. The summed E-state index contributed by atoms with van der Waals surface area (Å²) in [6.45, 7) is 3.51. The van der Waals surface area contributed by atoms with Crippen LogP contribution in [0.25, 0.3) is 6.08 Å². The summed E-state index contributed by atoms with van der Waals surface area (Å²) < 4.78 is 5.13. The third-order valence-electron chi connectivity index (χ3n) is 3.51. The van der Waals surface area contributed by atoms with E-state index in [9.17, 15) is 9.59 Å². The molecule has 25 heavy (non-hydrogen) atoms. The van der Waals surface area contributed by atoms with Gasteiger partial charge in [0, 0.05) is 16.7 Å². The smallest absolute Gasteiger partial charge is 0.331 e. The summed E-state index contributed by atoms with van der Waals surface area (Å²) in [7, 11) is 0. The van der Waals surface area contributed by atoms with Crippen LogP contribution in [0.15, 0.2) is 59.5 Å². The van der Waals surface area contributed by atoms with Crippen molar-refractivity contribution in [2.75, 3.05) is 11.6 Å². The summed E-state index contributed by atoms with van der Waals surface area (Å²) in [5.74, 6) is -0.921. The van der Waals surface area contributed by atoms with Crippen molar-refractivity contribution in [2.45, 2.75) is 24.8 Å². The molecule has 0 heterocycles. The second-order valence-electron chi connectivity index (χ2n) is 5.54. The molecule has 2 aromatic rings. The van der Waals surface area contributed by atoms with E-state index in [0.29, 0.717) is 5.69 Å². The van der Waals surface area contributed by atoms with E-state index in [-0.39, 0.29) is 5.91 Å². The molecule has 2 rings (SSSR count). The Hall–Kier alpha value is -2.53. The standard InChI is InChI=1S/C20H21NO3S/c1-14-4-9-17(10-5-14)21-20(23)15(2)24-19(22)13-8-16-6-11-18(25-3)12-7-16/h4-13,15H,1-3H3,(H,21,23)/b13-8+/t15-/m0/s1. The maximum absolute atomic E-state index is 12.1. The fourth-order valence-electron chi connectivity index (χ4n) is 2.03. The van der Waals surface area contributed by atoms with Crippen LogP contribution in [0.3, 0.4) is 0 Å². The quantitative estimate of drug-likeness (QED) is 0.477. The molecule has 0 saturated heterocycles. The number of thioether (sulfide) groups is 1. The third kappa shape index (κ3) is 6.12. The van der Waals surface area contributed by atoms with Crippen LogP contribution in [-0.4, -0.2) is 24.2 Å². The minimum atomic E-state index is -0.877. The monoisotopic (exact) mass is 355 g/mol. The van der Waals surface area contributed by atoms with Crippen molar-refractivity contribution < 1.29 is 14.3 Å². The van der Waals surface area contributed by atoms with Crippen molar-refractivity contribution in [3.05, 3.63) is 65.7 Å². The zero-order chi connectivity index (χ0) is 18.2. The van der Waals surface area contributed by atoms with Crippen molar-refractivity contribution in [1.29, 1.82) is 0 Å². The summed E-state index contributed by atoms with van der Waals surface area (Å²) in [4.78, 5) is 25.1. The van der Waals surface area contributed by atoms with Gasteiger partial charge in [0.2, 0.25) is 0 Å². The number of benzene rings is 2. The van der Waals surface area contributed by atoms with Crippen molar-refractivity contribution in [3.63, 3.8) is 0 Å². The van der Waals surface area contributed by atoms with Crippen LogP contribution in [0, 0.1) is 6.92 Å². The van der Waals surface area contributed by atoms with E-state index in [1.165, 1.54) is 6.08 Å². The first-order valence-corrected chi connectivity index (χ1v) is 9.10. The van der Waals surface area contributed by atoms with Gasteiger partial charge in [-0.1, -0.05) is 29.8 Å². The molecule has 0 unspecified atom stereocenters. The van der Waals surface area contributed by atoms with Gasteiger partial charge in [-0.15, -0.1) is 11.8 Å². The van der Waals surface area contributed by atoms with Crippen molar-refractivity contribution in [3.8, 4) is 0 Å². The third-order valence-corrected chi connectivity index (χ3v) is 4.25. The number of hydrogen-bond acceptors (Lipinski definition) is 4. The summed E-state index contributed by atoms with van der Waals surface area (Å²) in [5, 5.41) is 2.72. The molecule has 1 atom stereocenters. The van der Waals surface area contributed by atoms with Crippen molar-refractivity contribution in [1.82, 2.24) is 0 Å². The number of ether oxygens (including phenoxy) is 1. The number of anilines is 1. The van der Waals surface area contributed by atoms with E-state index in [1.807, 2.05) is 49.6 Å². The lowest BCUT2D eigenvalue weighted by molar-refractivity contribution is -0.148. The van der Waals surface area contributed by atoms with Gasteiger partial charge < -0.3 is 10.1 Å². The topological polar surface area (TPSA) is 55.4 Å². The molecule has 0 aliphatic heterocycles. The molecule has 4 nitrogen and oxygen atoms in total. The molecule has 0 aliphatic carbocycles. The molecule has 0 aromatic heterocycles. The average Bonchev–Trinajstić information content (AvgIpc) is 2.62. The molecule has 0 saturated carbocycles. The summed E-state index contributed by atoms with van der Waals surface area (Å²) in [6.07, 6.45) is 4.11. The predicted molar refractivity (Wildman–Crippen MR) is 103 cm³/mol. The highest BCUT2D eigenvalue weighted by Crippen LogP contribution is 2.15. The number of carbonyl (C=O) groups is 2. The van der Waals surface area contributed by atoms with Gasteiger partial charge in [-0.2, -0.15) is 0 Å². The van der Waals surface area contributed by atoms with Crippen LogP contribution in [0.4, 0.5) is 5.69 Å². The van der Waals surface area contributed by atoms with Crippen LogP contribution in [0.5, 0.6) is 0 Å². The van der Waals surface area contributed by atoms with Gasteiger partial charge in [0.05, 0.1) is 0 Å². The van der Waals surface area contributed by atoms with Gasteiger partial charge in [0.15, 0.2) is 6.10 Å². The number of nitrogens with one attached hydrogen (secondary N) is 1. The average molecular weight is 355 g/mol. The highest BCUT2D eigenvalue weighted by molar-refractivity contribution is 7.98. The Morgan fingerprint density at radius 2 is 1.72 bits per heavy atom. The molecule has 0 fully saturated rings. The zero-order valence-corrected chi connectivity index (χ0v) is 15.3. The number of esters is 1. The molecule has 1 amide bonds. The van der Waals surface area contributed by atoms with E-state index >= 15 is 0 Å². The second-order valence-corrected chi connectivity index (χ2v) is 6.42. The number of hydrogen-bond donors (Lipinski definition) is 1. The molecule has 130 valence electrons. The molecular weight excluding hydrogens is 334 g/mol. The summed E-state index contributed by atoms with van der Waals surface area (Å²) >= 11 is 1.65. The Kier molecular flexibility index (Phi) is 6.83. The van der Waals surface area contributed by atoms with Gasteiger partial charge in [0.25, 0.3) is 5.91 Å². The number of aryl methyl sites for hydroxylation is 1. The van der Waals surface area contributed by atoms with Crippen LogP contribution < -0.4 is 5.32 Å². The predicted octanol–water partition coefficient (Wildman–Crippen LogP) is 4.30. The van der Waals surface area contributed by atoms with Crippen LogP contribution in [0.2, 0.25) is 0 Å². The molecule has 1 N–H and O–H groups in total. The Bertz CT molecular complexity index is 752. The van der Waals surface area contributed by atoms with E-state index in [1.54, 1.807) is 36.9 Å². The maximum Gasteiger partial charge on any atom is 0.331 e. The minimum absolute atomic E-state index is 0.366. The molecule has 0 spiro atoms. The van der Waals surface area contributed by atoms with Gasteiger partial charge in [0.1, 0.15) is 0 Å². The van der Waals surface area contributed by atoms with Gasteiger partial charge in [-0.25, -0.2) is 4.79 Å². The first-order valence-electron chi connectivity index (χ1n) is 7.88. The molecule has 2 aromatic carbocycles. The molecule has 0 radical (unpaired) electrons. The SMILES string of the molecule is CSc1ccc(/C=C/C(=O)O[C@@H](C)C(=O)Nc2ccc(C)cc2)cc1. The van der Waals surface area contributed by atoms with Gasteiger partial charge in [-0.05, 0) is 56.0 Å². The number of carbonyl (C=O) groups excluding carboxylic acids is 2. The molecular formula is C20H21NO3S. The normalized spacial score (nSPS) is 12.0. The lowest BCUT2D eigenvalue weighted by Gasteiger charge is -2.12. The van der Waals surface area contributed by atoms with E-state index in [0.717, 1.165) is 16.0 Å². The Morgan fingerprint density at radius 3 is 2.32 bits per heavy atom. The van der Waals surface area contributed by atoms with Crippen molar-refractivity contribution >= 4 is 35.4 Å². The van der Waals surface area contributed by atoms with Crippen molar-refractivity contribution in [2.24, 2.45) is 0 Å². The van der Waals surface area contributed by atoms with E-state index in [2.05, 4.69) is 5.32 Å². The maximum atomic E-state index is 12.1. The number of amides is 1. The summed E-state index contributed by atoms with van der Waals surface area (Å²) in [5.41, 5.74) is 2.67. The lowest BCUT2D eigenvalue weighted by Crippen LogP contribution is -2.29. The van der Waals surface area contributed by atoms with Gasteiger partial charge in [-0.3, -0.25) is 4.79 Å². The zero-order valence-electron chi connectivity index (χ0n) is 14.5. The minimum Gasteiger partial charge on any atom is -0.449 e. The Morgan fingerprint density at radius 1 is 1.08 bits per heavy atom.